The number of benzene rings is 1. The number of hydrogen-bond acceptors (Lipinski definition) is 7. The van der Waals surface area contributed by atoms with E-state index in [0.717, 1.165) is 5.56 Å². The summed E-state index contributed by atoms with van der Waals surface area (Å²) >= 11 is 0. The highest BCUT2D eigenvalue weighted by molar-refractivity contribution is 5.97. The minimum Gasteiger partial charge on any atom is -0.444 e. The molecule has 166 valence electrons. The number of carbonyl (C=O) groups excluding carboxylic acids is 2. The molecule has 0 bridgehead atoms. The topological polar surface area (TPSA) is 130 Å². The van der Waals surface area contributed by atoms with Crippen LogP contribution in [0.1, 0.15) is 59.4 Å². The third kappa shape index (κ3) is 6.28. The second kappa shape index (κ2) is 9.16. The van der Waals surface area contributed by atoms with Gasteiger partial charge in [-0.1, -0.05) is 13.0 Å². The van der Waals surface area contributed by atoms with Gasteiger partial charge >= 0.3 is 6.09 Å². The molecule has 1 aromatic carbocycles. The molecule has 1 heterocycles. The van der Waals surface area contributed by atoms with E-state index in [4.69, 9.17) is 9.15 Å². The van der Waals surface area contributed by atoms with Crippen molar-refractivity contribution in [3.05, 3.63) is 29.7 Å². The van der Waals surface area contributed by atoms with Crippen LogP contribution < -0.4 is 10.6 Å². The predicted molar refractivity (Wildman–Crippen MR) is 115 cm³/mol. The second-order valence-electron chi connectivity index (χ2n) is 8.78. The molecule has 0 spiro atoms. The summed E-state index contributed by atoms with van der Waals surface area (Å²) in [6.45, 7) is 12.3. The van der Waals surface area contributed by atoms with Gasteiger partial charge in [-0.15, -0.1) is 10.2 Å². The minimum absolute atomic E-state index is 0.212. The van der Waals surface area contributed by atoms with E-state index in [1.807, 2.05) is 13.0 Å². The first kappa shape index (κ1) is 23.9. The largest absolute Gasteiger partial charge is 0.444 e. The molecule has 0 saturated heterocycles. The molecule has 2 N–H and O–H groups in total. The number of rotatable bonds is 6. The third-order valence-electron chi connectivity index (χ3n) is 4.40. The zero-order valence-electron chi connectivity index (χ0n) is 19.0. The molecule has 0 radical (unpaired) electrons. The van der Waals surface area contributed by atoms with Gasteiger partial charge in [0.15, 0.2) is 0 Å². The Morgan fingerprint density at radius 1 is 1.23 bits per heavy atom. The maximum atomic E-state index is 12.8. The highest BCUT2D eigenvalue weighted by Crippen LogP contribution is 2.28. The SMILES string of the molecule is CC[C@H](NC(=O)OC(C)(C)C)C(=O)Nc1cc(-c2nnc(C(C)(C)C#N)o2)ccc1C. The molecular weight excluding hydrogens is 398 g/mol. The number of aromatic nitrogens is 2. The van der Waals surface area contributed by atoms with Crippen molar-refractivity contribution in [3.63, 3.8) is 0 Å². The molecule has 0 aliphatic rings. The Hall–Kier alpha value is -3.41. The normalized spacial score (nSPS) is 12.6. The molecule has 0 aliphatic heterocycles. The van der Waals surface area contributed by atoms with Crippen LogP contribution >= 0.6 is 0 Å². The third-order valence-corrected chi connectivity index (χ3v) is 4.40. The second-order valence-corrected chi connectivity index (χ2v) is 8.78. The van der Waals surface area contributed by atoms with Crippen molar-refractivity contribution in [2.75, 3.05) is 5.32 Å². The number of anilines is 1. The lowest BCUT2D eigenvalue weighted by molar-refractivity contribution is -0.118. The molecule has 2 amide bonds. The summed E-state index contributed by atoms with van der Waals surface area (Å²) < 4.78 is 10.9. The van der Waals surface area contributed by atoms with Crippen molar-refractivity contribution in [1.82, 2.24) is 15.5 Å². The van der Waals surface area contributed by atoms with Crippen LogP contribution in [0.3, 0.4) is 0 Å². The number of nitriles is 1. The predicted octanol–water partition coefficient (Wildman–Crippen LogP) is 4.09. The van der Waals surface area contributed by atoms with Crippen LogP contribution in [0.25, 0.3) is 11.5 Å². The lowest BCUT2D eigenvalue weighted by Gasteiger charge is -2.23. The Balaban J connectivity index is 2.19. The number of nitrogens with zero attached hydrogens (tertiary/aromatic N) is 3. The molecule has 2 aromatic rings. The van der Waals surface area contributed by atoms with Crippen LogP contribution in [0.15, 0.2) is 22.6 Å². The number of ether oxygens (including phenoxy) is 1. The molecule has 0 saturated carbocycles. The molecule has 0 aliphatic carbocycles. The van der Waals surface area contributed by atoms with E-state index >= 15 is 0 Å². The van der Waals surface area contributed by atoms with E-state index in [9.17, 15) is 14.9 Å². The number of alkyl carbamates (subject to hydrolysis) is 1. The first-order chi connectivity index (χ1) is 14.4. The molecule has 9 heteroatoms. The van der Waals surface area contributed by atoms with Gasteiger partial charge in [-0.2, -0.15) is 5.26 Å². The molecule has 31 heavy (non-hydrogen) atoms. The Kier molecular flexibility index (Phi) is 7.05. The number of aryl methyl sites for hydroxylation is 1. The molecule has 1 aromatic heterocycles. The molecule has 0 unspecified atom stereocenters. The fraction of sp³-hybridized carbons (Fsp3) is 0.500. The minimum atomic E-state index is -0.908. The Morgan fingerprint density at radius 3 is 2.48 bits per heavy atom. The average Bonchev–Trinajstić information content (AvgIpc) is 3.17. The van der Waals surface area contributed by atoms with E-state index in [2.05, 4.69) is 26.9 Å². The van der Waals surface area contributed by atoms with Gasteiger partial charge in [0.2, 0.25) is 17.7 Å². The number of hydrogen-bond donors (Lipinski definition) is 2. The zero-order chi connectivity index (χ0) is 23.4. The maximum absolute atomic E-state index is 12.8. The summed E-state index contributed by atoms with van der Waals surface area (Å²) in [6.07, 6.45) is -0.265. The summed E-state index contributed by atoms with van der Waals surface area (Å²) in [5.41, 5.74) is 0.399. The van der Waals surface area contributed by atoms with Crippen molar-refractivity contribution in [2.24, 2.45) is 0 Å². The lowest BCUT2D eigenvalue weighted by Crippen LogP contribution is -2.45. The lowest BCUT2D eigenvalue weighted by atomic mass is 9.96. The van der Waals surface area contributed by atoms with Crippen LogP contribution in [0, 0.1) is 18.3 Å². The van der Waals surface area contributed by atoms with Crippen LogP contribution in [0.5, 0.6) is 0 Å². The first-order valence-corrected chi connectivity index (χ1v) is 10.0. The zero-order valence-corrected chi connectivity index (χ0v) is 19.0. The molecule has 0 fully saturated rings. The number of nitrogens with one attached hydrogen (secondary N) is 2. The van der Waals surface area contributed by atoms with Gasteiger partial charge < -0.3 is 19.8 Å². The van der Waals surface area contributed by atoms with E-state index in [1.165, 1.54) is 0 Å². The average molecular weight is 428 g/mol. The summed E-state index contributed by atoms with van der Waals surface area (Å²) in [5.74, 6) is 0.0851. The van der Waals surface area contributed by atoms with Crippen LogP contribution in [0.2, 0.25) is 0 Å². The van der Waals surface area contributed by atoms with Crippen molar-refractivity contribution >= 4 is 17.7 Å². The summed E-state index contributed by atoms with van der Waals surface area (Å²) in [6, 6.07) is 6.67. The summed E-state index contributed by atoms with van der Waals surface area (Å²) in [5, 5.41) is 22.7. The van der Waals surface area contributed by atoms with Gasteiger partial charge in [-0.05, 0) is 65.7 Å². The van der Waals surface area contributed by atoms with Crippen molar-refractivity contribution < 1.29 is 18.7 Å². The van der Waals surface area contributed by atoms with Crippen LogP contribution in [0.4, 0.5) is 10.5 Å². The monoisotopic (exact) mass is 427 g/mol. The molecule has 9 nitrogen and oxygen atoms in total. The highest BCUT2D eigenvalue weighted by Gasteiger charge is 2.28. The van der Waals surface area contributed by atoms with E-state index < -0.39 is 23.2 Å². The quantitative estimate of drug-likeness (QED) is 0.710. The maximum Gasteiger partial charge on any atom is 0.408 e. The van der Waals surface area contributed by atoms with Gasteiger partial charge in [0, 0.05) is 11.3 Å². The Morgan fingerprint density at radius 2 is 1.90 bits per heavy atom. The first-order valence-electron chi connectivity index (χ1n) is 10.0. The fourth-order valence-electron chi connectivity index (χ4n) is 2.55. The number of amides is 2. The van der Waals surface area contributed by atoms with Crippen LogP contribution in [-0.2, 0) is 14.9 Å². The summed E-state index contributed by atoms with van der Waals surface area (Å²) in [4.78, 5) is 24.8. The van der Waals surface area contributed by atoms with Gasteiger partial charge in [-0.25, -0.2) is 4.79 Å². The van der Waals surface area contributed by atoms with Gasteiger partial charge in [-0.3, -0.25) is 4.79 Å². The fourth-order valence-corrected chi connectivity index (χ4v) is 2.55. The van der Waals surface area contributed by atoms with Gasteiger partial charge in [0.25, 0.3) is 0 Å². The standard InChI is InChI=1S/C22H29N5O4/c1-8-15(25-20(29)31-21(3,4)5)17(28)24-16-11-14(10-9-13(16)2)18-26-27-19(30-18)22(6,7)12-23/h9-11,15H,8H2,1-7H3,(H,24,28)(H,25,29)/t15-/m0/s1. The van der Waals surface area contributed by atoms with E-state index in [0.29, 0.717) is 17.7 Å². The highest BCUT2D eigenvalue weighted by atomic mass is 16.6. The molecule has 2 rings (SSSR count). The van der Waals surface area contributed by atoms with Crippen molar-refractivity contribution in [2.45, 2.75) is 71.9 Å². The van der Waals surface area contributed by atoms with Crippen molar-refractivity contribution in [3.8, 4) is 17.5 Å². The molecular formula is C22H29N5O4. The molecule has 1 atom stereocenters. The smallest absolute Gasteiger partial charge is 0.408 e. The van der Waals surface area contributed by atoms with Crippen molar-refractivity contribution in [1.29, 1.82) is 5.26 Å². The van der Waals surface area contributed by atoms with E-state index in [1.54, 1.807) is 53.7 Å². The summed E-state index contributed by atoms with van der Waals surface area (Å²) in [7, 11) is 0. The van der Waals surface area contributed by atoms with E-state index in [-0.39, 0.29) is 17.7 Å². The van der Waals surface area contributed by atoms with Crippen LogP contribution in [-0.4, -0.2) is 33.8 Å². The Bertz CT molecular complexity index is 998. The van der Waals surface area contributed by atoms with Gasteiger partial charge in [0.05, 0.1) is 6.07 Å². The Labute approximate surface area is 182 Å². The number of carbonyl (C=O) groups is 2. The van der Waals surface area contributed by atoms with Gasteiger partial charge in [0.1, 0.15) is 17.1 Å².